The topological polar surface area (TPSA) is 79.7 Å². The van der Waals surface area contributed by atoms with Crippen LogP contribution in [0.1, 0.15) is 66.3 Å². The molecule has 1 N–H and O–H groups in total. The van der Waals surface area contributed by atoms with Crippen LogP contribution in [0.25, 0.3) is 0 Å². The number of amides is 1. The number of aromatic carboxylic acids is 1. The second-order valence-electron chi connectivity index (χ2n) is 7.14. The van der Waals surface area contributed by atoms with Gasteiger partial charge in [0.25, 0.3) is 5.91 Å². The van der Waals surface area contributed by atoms with Crippen molar-refractivity contribution in [3.63, 3.8) is 0 Å². The highest BCUT2D eigenvalue weighted by molar-refractivity contribution is 5.96. The molecule has 25 heavy (non-hydrogen) atoms. The number of carboxylic acids is 1. The molecule has 1 spiro atoms. The van der Waals surface area contributed by atoms with E-state index in [2.05, 4.69) is 4.98 Å². The van der Waals surface area contributed by atoms with E-state index in [-0.39, 0.29) is 34.7 Å². The number of carbonyl (C=O) groups is 2. The number of hydrogen-bond acceptors (Lipinski definition) is 4. The molecule has 3 rings (SSSR count). The molecule has 0 bridgehead atoms. The predicted molar refractivity (Wildman–Crippen MR) is 92.6 cm³/mol. The summed E-state index contributed by atoms with van der Waals surface area (Å²) in [6.07, 6.45) is 8.21. The molecule has 1 aromatic rings. The Morgan fingerprint density at radius 1 is 1.36 bits per heavy atom. The molecule has 2 aliphatic rings. The predicted octanol–water partition coefficient (Wildman–Crippen LogP) is 2.98. The Labute approximate surface area is 148 Å². The zero-order valence-electron chi connectivity index (χ0n) is 14.9. The van der Waals surface area contributed by atoms with Crippen molar-refractivity contribution in [2.45, 2.75) is 57.6 Å². The van der Waals surface area contributed by atoms with Crippen molar-refractivity contribution in [3.8, 4) is 0 Å². The fraction of sp³-hybridized carbons (Fsp3) is 0.632. The minimum Gasteiger partial charge on any atom is -0.478 e. The van der Waals surface area contributed by atoms with E-state index in [4.69, 9.17) is 9.84 Å². The van der Waals surface area contributed by atoms with Gasteiger partial charge in [0.05, 0.1) is 11.7 Å². The number of nitrogens with zero attached hydrogens (tertiary/aromatic N) is 2. The first-order chi connectivity index (χ1) is 12.0. The maximum atomic E-state index is 12.9. The van der Waals surface area contributed by atoms with Crippen LogP contribution in [-0.2, 0) is 4.74 Å². The fourth-order valence-corrected chi connectivity index (χ4v) is 4.57. The van der Waals surface area contributed by atoms with E-state index in [1.165, 1.54) is 37.6 Å². The second kappa shape index (κ2) is 7.12. The standard InChI is InChI=1S/C19H26N2O4/c1-3-25-16-12-15(19(16)8-5-4-6-9-19)21(2)17(22)14-11-13(18(23)24)7-10-20-14/h7,10-11,15-16H,3-6,8-9,12H2,1-2H3,(H,23,24). The Balaban J connectivity index is 1.80. The van der Waals surface area contributed by atoms with E-state index in [9.17, 15) is 9.59 Å². The summed E-state index contributed by atoms with van der Waals surface area (Å²) >= 11 is 0. The van der Waals surface area contributed by atoms with Crippen molar-refractivity contribution in [1.82, 2.24) is 9.88 Å². The Bertz CT molecular complexity index is 655. The van der Waals surface area contributed by atoms with Crippen molar-refractivity contribution < 1.29 is 19.4 Å². The van der Waals surface area contributed by atoms with Crippen LogP contribution in [0.15, 0.2) is 18.3 Å². The molecule has 136 valence electrons. The van der Waals surface area contributed by atoms with Crippen molar-refractivity contribution in [2.75, 3.05) is 13.7 Å². The third kappa shape index (κ3) is 3.15. The highest BCUT2D eigenvalue weighted by Crippen LogP contribution is 2.55. The molecule has 1 heterocycles. The van der Waals surface area contributed by atoms with Crippen molar-refractivity contribution >= 4 is 11.9 Å². The SMILES string of the molecule is CCOC1CC(N(C)C(=O)c2cc(C(=O)O)ccn2)C12CCCCC2. The average molecular weight is 346 g/mol. The first-order valence-electron chi connectivity index (χ1n) is 9.07. The quantitative estimate of drug-likeness (QED) is 0.886. The van der Waals surface area contributed by atoms with E-state index < -0.39 is 5.97 Å². The Kier molecular flexibility index (Phi) is 5.08. The number of hydrogen-bond donors (Lipinski definition) is 1. The van der Waals surface area contributed by atoms with Gasteiger partial charge < -0.3 is 14.7 Å². The molecular weight excluding hydrogens is 320 g/mol. The summed E-state index contributed by atoms with van der Waals surface area (Å²) in [5, 5.41) is 9.12. The third-order valence-electron chi connectivity index (χ3n) is 5.91. The summed E-state index contributed by atoms with van der Waals surface area (Å²) in [6.45, 7) is 2.71. The van der Waals surface area contributed by atoms with E-state index in [0.29, 0.717) is 6.61 Å². The van der Waals surface area contributed by atoms with Crippen LogP contribution < -0.4 is 0 Å². The molecule has 6 heteroatoms. The van der Waals surface area contributed by atoms with Gasteiger partial charge in [-0.1, -0.05) is 19.3 Å². The highest BCUT2D eigenvalue weighted by Gasteiger charge is 2.57. The van der Waals surface area contributed by atoms with Crippen LogP contribution in [0.4, 0.5) is 0 Å². The lowest BCUT2D eigenvalue weighted by molar-refractivity contribution is -0.170. The molecular formula is C19H26N2O4. The summed E-state index contributed by atoms with van der Waals surface area (Å²) in [6, 6.07) is 2.89. The van der Waals surface area contributed by atoms with Gasteiger partial charge in [0.1, 0.15) is 5.69 Å². The molecule has 2 unspecified atom stereocenters. The van der Waals surface area contributed by atoms with Gasteiger partial charge in [-0.15, -0.1) is 0 Å². The monoisotopic (exact) mass is 346 g/mol. The number of ether oxygens (including phenoxy) is 1. The molecule has 1 amide bonds. The van der Waals surface area contributed by atoms with Crippen molar-refractivity contribution in [3.05, 3.63) is 29.6 Å². The average Bonchev–Trinajstić information content (AvgIpc) is 2.64. The first kappa shape index (κ1) is 17.9. The summed E-state index contributed by atoms with van der Waals surface area (Å²) in [7, 11) is 1.81. The number of carboxylic acid groups (broad SMARTS) is 1. The Morgan fingerprint density at radius 2 is 2.08 bits per heavy atom. The molecule has 2 aliphatic carbocycles. The molecule has 0 saturated heterocycles. The lowest BCUT2D eigenvalue weighted by atomic mass is 9.54. The van der Waals surface area contributed by atoms with Gasteiger partial charge in [-0.05, 0) is 38.3 Å². The van der Waals surface area contributed by atoms with Gasteiger partial charge in [-0.3, -0.25) is 9.78 Å². The zero-order chi connectivity index (χ0) is 18.0. The summed E-state index contributed by atoms with van der Waals surface area (Å²) in [4.78, 5) is 29.9. The van der Waals surface area contributed by atoms with Gasteiger partial charge >= 0.3 is 5.97 Å². The van der Waals surface area contributed by atoms with E-state index >= 15 is 0 Å². The molecule has 6 nitrogen and oxygen atoms in total. The number of carbonyl (C=O) groups excluding carboxylic acids is 1. The zero-order valence-corrected chi connectivity index (χ0v) is 14.9. The van der Waals surface area contributed by atoms with E-state index in [1.807, 2.05) is 6.92 Å². The molecule has 0 radical (unpaired) electrons. The van der Waals surface area contributed by atoms with Crippen LogP contribution in [0.5, 0.6) is 0 Å². The smallest absolute Gasteiger partial charge is 0.335 e. The fourth-order valence-electron chi connectivity index (χ4n) is 4.57. The minimum atomic E-state index is -1.05. The normalized spacial score (nSPS) is 24.6. The molecule has 2 fully saturated rings. The maximum absolute atomic E-state index is 12.9. The van der Waals surface area contributed by atoms with E-state index in [0.717, 1.165) is 19.3 Å². The number of aromatic nitrogens is 1. The lowest BCUT2D eigenvalue weighted by Crippen LogP contribution is -2.65. The summed E-state index contributed by atoms with van der Waals surface area (Å²) in [5.41, 5.74) is 0.316. The highest BCUT2D eigenvalue weighted by atomic mass is 16.5. The number of pyridine rings is 1. The van der Waals surface area contributed by atoms with Gasteiger partial charge in [0.15, 0.2) is 0 Å². The molecule has 2 saturated carbocycles. The Morgan fingerprint density at radius 3 is 2.72 bits per heavy atom. The Hall–Kier alpha value is -1.95. The maximum Gasteiger partial charge on any atom is 0.335 e. The molecule has 2 atom stereocenters. The molecule has 0 aromatic carbocycles. The van der Waals surface area contributed by atoms with Crippen LogP contribution in [0, 0.1) is 5.41 Å². The second-order valence-corrected chi connectivity index (χ2v) is 7.14. The van der Waals surface area contributed by atoms with Gasteiger partial charge in [0, 0.05) is 31.3 Å². The third-order valence-corrected chi connectivity index (χ3v) is 5.91. The van der Waals surface area contributed by atoms with E-state index in [1.54, 1.807) is 11.9 Å². The lowest BCUT2D eigenvalue weighted by Gasteiger charge is -2.60. The van der Waals surface area contributed by atoms with Gasteiger partial charge in [-0.2, -0.15) is 0 Å². The first-order valence-corrected chi connectivity index (χ1v) is 9.07. The summed E-state index contributed by atoms with van der Waals surface area (Å²) < 4.78 is 5.96. The minimum absolute atomic E-state index is 0.0447. The van der Waals surface area contributed by atoms with Gasteiger partial charge in [0.2, 0.25) is 0 Å². The van der Waals surface area contributed by atoms with Crippen LogP contribution in [0.3, 0.4) is 0 Å². The van der Waals surface area contributed by atoms with Crippen molar-refractivity contribution in [2.24, 2.45) is 5.41 Å². The molecule has 0 aliphatic heterocycles. The van der Waals surface area contributed by atoms with Crippen LogP contribution >= 0.6 is 0 Å². The summed E-state index contributed by atoms with van der Waals surface area (Å²) in [5.74, 6) is -1.27. The largest absolute Gasteiger partial charge is 0.478 e. The van der Waals surface area contributed by atoms with Crippen LogP contribution in [0.2, 0.25) is 0 Å². The molecule has 1 aromatic heterocycles. The number of rotatable bonds is 5. The van der Waals surface area contributed by atoms with Crippen LogP contribution in [-0.4, -0.2) is 52.7 Å². The van der Waals surface area contributed by atoms with Gasteiger partial charge in [-0.25, -0.2) is 4.79 Å². The van der Waals surface area contributed by atoms with Crippen molar-refractivity contribution in [1.29, 1.82) is 0 Å².